The zero-order valence-electron chi connectivity index (χ0n) is 21.5. The van der Waals surface area contributed by atoms with Crippen molar-refractivity contribution in [2.75, 3.05) is 41.7 Å². The van der Waals surface area contributed by atoms with E-state index in [2.05, 4.69) is 63.1 Å². The molecule has 6 rings (SSSR count). The topological polar surface area (TPSA) is 111 Å². The Balaban J connectivity index is 1.24. The quantitative estimate of drug-likeness (QED) is 0.307. The highest BCUT2D eigenvalue weighted by Gasteiger charge is 2.46. The minimum absolute atomic E-state index is 0.00775. The Morgan fingerprint density at radius 2 is 1.92 bits per heavy atom. The van der Waals surface area contributed by atoms with Gasteiger partial charge < -0.3 is 25.8 Å². The van der Waals surface area contributed by atoms with E-state index in [0.717, 1.165) is 22.3 Å². The standard InChI is InChI=1S/C27H31N9OS/c1-3-28-27(37)36-15-20-12-21(36)14-35(20)26-33-24(29-13-17(2)18-7-5-4-6-8-18)32-25(34-26)31-19-9-10-22-23(11-19)38-16-30-22/h4-11,16-17,20-21H,3,12-15H2,1-2H3,(H,28,37)(H2,29,31,32,33,34). The van der Waals surface area contributed by atoms with Crippen LogP contribution in [-0.4, -0.2) is 69.1 Å². The molecule has 4 heterocycles. The molecule has 0 spiro atoms. The second-order valence-electron chi connectivity index (χ2n) is 9.82. The molecule has 2 aliphatic heterocycles. The van der Waals surface area contributed by atoms with Crippen molar-refractivity contribution in [2.45, 2.75) is 38.3 Å². The number of nitrogens with zero attached hydrogens (tertiary/aromatic N) is 6. The maximum atomic E-state index is 12.5. The highest BCUT2D eigenvalue weighted by Crippen LogP contribution is 2.34. The van der Waals surface area contributed by atoms with Crippen molar-refractivity contribution in [3.05, 3.63) is 59.6 Å². The minimum atomic E-state index is 0.00775. The fourth-order valence-corrected chi connectivity index (χ4v) is 5.96. The van der Waals surface area contributed by atoms with Crippen LogP contribution in [0.25, 0.3) is 10.2 Å². The number of benzene rings is 2. The van der Waals surface area contributed by atoms with Crippen molar-refractivity contribution < 1.29 is 4.79 Å². The molecule has 2 fully saturated rings. The number of carbonyl (C=O) groups is 1. The largest absolute Gasteiger partial charge is 0.353 e. The van der Waals surface area contributed by atoms with Crippen LogP contribution in [0.2, 0.25) is 0 Å². The molecular formula is C27H31N9OS. The predicted octanol–water partition coefficient (Wildman–Crippen LogP) is 4.43. The van der Waals surface area contributed by atoms with Gasteiger partial charge in [0.2, 0.25) is 17.8 Å². The number of thiazole rings is 1. The molecule has 2 bridgehead atoms. The number of nitrogens with one attached hydrogen (secondary N) is 3. The Morgan fingerprint density at radius 3 is 2.71 bits per heavy atom. The molecule has 38 heavy (non-hydrogen) atoms. The Bertz CT molecular complexity index is 1430. The van der Waals surface area contributed by atoms with Crippen LogP contribution < -0.4 is 20.9 Å². The number of aromatic nitrogens is 4. The van der Waals surface area contributed by atoms with E-state index in [1.807, 2.05) is 35.5 Å². The normalized spacial score (nSPS) is 19.1. The van der Waals surface area contributed by atoms with E-state index in [-0.39, 0.29) is 24.0 Å². The molecule has 2 aliphatic rings. The fourth-order valence-electron chi connectivity index (χ4n) is 5.25. The van der Waals surface area contributed by atoms with Crippen LogP contribution in [0.5, 0.6) is 0 Å². The third-order valence-electron chi connectivity index (χ3n) is 7.23. The van der Waals surface area contributed by atoms with Gasteiger partial charge in [0.1, 0.15) is 0 Å². The lowest BCUT2D eigenvalue weighted by atomic mass is 10.0. The van der Waals surface area contributed by atoms with Gasteiger partial charge in [-0.2, -0.15) is 15.0 Å². The monoisotopic (exact) mass is 529 g/mol. The number of hydrogen-bond acceptors (Lipinski definition) is 9. The fraction of sp³-hybridized carbons (Fsp3) is 0.370. The molecule has 196 valence electrons. The first kappa shape index (κ1) is 24.4. The molecule has 0 saturated carbocycles. The van der Waals surface area contributed by atoms with Crippen LogP contribution in [0.3, 0.4) is 0 Å². The first-order valence-electron chi connectivity index (χ1n) is 13.0. The Labute approximate surface area is 225 Å². The third kappa shape index (κ3) is 4.93. The number of amides is 2. The number of carbonyl (C=O) groups excluding carboxylic acids is 1. The van der Waals surface area contributed by atoms with E-state index in [0.29, 0.717) is 44.0 Å². The first-order chi connectivity index (χ1) is 18.6. The van der Waals surface area contributed by atoms with E-state index >= 15 is 0 Å². The Morgan fingerprint density at radius 1 is 1.08 bits per heavy atom. The van der Waals surface area contributed by atoms with Crippen LogP contribution >= 0.6 is 11.3 Å². The van der Waals surface area contributed by atoms with Crippen molar-refractivity contribution in [2.24, 2.45) is 0 Å². The first-order valence-corrected chi connectivity index (χ1v) is 13.9. The number of urea groups is 1. The van der Waals surface area contributed by atoms with Gasteiger partial charge in [-0.15, -0.1) is 11.3 Å². The summed E-state index contributed by atoms with van der Waals surface area (Å²) in [6, 6.07) is 16.8. The summed E-state index contributed by atoms with van der Waals surface area (Å²) in [5.74, 6) is 1.92. The minimum Gasteiger partial charge on any atom is -0.353 e. The van der Waals surface area contributed by atoms with Crippen molar-refractivity contribution in [1.82, 2.24) is 30.2 Å². The smallest absolute Gasteiger partial charge is 0.317 e. The summed E-state index contributed by atoms with van der Waals surface area (Å²) < 4.78 is 1.10. The average molecular weight is 530 g/mol. The van der Waals surface area contributed by atoms with Crippen molar-refractivity contribution in [3.8, 4) is 0 Å². The molecule has 4 aromatic rings. The lowest BCUT2D eigenvalue weighted by Gasteiger charge is -2.34. The molecule has 10 nitrogen and oxygen atoms in total. The van der Waals surface area contributed by atoms with E-state index in [4.69, 9.17) is 15.0 Å². The molecule has 2 saturated heterocycles. The molecule has 2 aromatic carbocycles. The van der Waals surface area contributed by atoms with Crippen molar-refractivity contribution in [3.63, 3.8) is 0 Å². The van der Waals surface area contributed by atoms with E-state index in [1.54, 1.807) is 11.3 Å². The molecule has 2 aromatic heterocycles. The summed E-state index contributed by atoms with van der Waals surface area (Å²) in [4.78, 5) is 35.3. The van der Waals surface area contributed by atoms with Gasteiger partial charge in [0.15, 0.2) is 0 Å². The second-order valence-corrected chi connectivity index (χ2v) is 10.7. The number of hydrogen-bond donors (Lipinski definition) is 3. The van der Waals surface area contributed by atoms with Crippen LogP contribution in [0.15, 0.2) is 54.0 Å². The zero-order chi connectivity index (χ0) is 26.1. The highest BCUT2D eigenvalue weighted by molar-refractivity contribution is 7.16. The number of likely N-dealkylation sites (tertiary alicyclic amines) is 1. The highest BCUT2D eigenvalue weighted by atomic mass is 32.1. The summed E-state index contributed by atoms with van der Waals surface area (Å²) in [7, 11) is 0. The van der Waals surface area contributed by atoms with Crippen LogP contribution in [-0.2, 0) is 0 Å². The lowest BCUT2D eigenvalue weighted by molar-refractivity contribution is 0.189. The average Bonchev–Trinajstić information content (AvgIpc) is 3.68. The van der Waals surface area contributed by atoms with Gasteiger partial charge in [0.05, 0.1) is 27.8 Å². The maximum Gasteiger partial charge on any atom is 0.317 e. The molecular weight excluding hydrogens is 498 g/mol. The van der Waals surface area contributed by atoms with Crippen LogP contribution in [0, 0.1) is 0 Å². The van der Waals surface area contributed by atoms with Crippen LogP contribution in [0.4, 0.5) is 28.3 Å². The maximum absolute atomic E-state index is 12.5. The van der Waals surface area contributed by atoms with E-state index in [9.17, 15) is 4.79 Å². The summed E-state index contributed by atoms with van der Waals surface area (Å²) in [6.07, 6.45) is 0.918. The number of fused-ring (bicyclic) bond motifs is 3. The summed E-state index contributed by atoms with van der Waals surface area (Å²) in [5.41, 5.74) is 4.97. The number of piperazine rings is 1. The molecule has 0 radical (unpaired) electrons. The van der Waals surface area contributed by atoms with Crippen molar-refractivity contribution >= 4 is 51.1 Å². The molecule has 11 heteroatoms. The summed E-state index contributed by atoms with van der Waals surface area (Å²) >= 11 is 1.60. The van der Waals surface area contributed by atoms with E-state index in [1.165, 1.54) is 5.56 Å². The molecule has 0 aliphatic carbocycles. The molecule has 3 atom stereocenters. The SMILES string of the molecule is CCNC(=O)N1CC2CC1CN2c1nc(NCC(C)c2ccccc2)nc(Nc2ccc3ncsc3c2)n1. The number of anilines is 4. The van der Waals surface area contributed by atoms with Gasteiger partial charge in [-0.1, -0.05) is 37.3 Å². The lowest BCUT2D eigenvalue weighted by Crippen LogP contribution is -2.52. The molecule has 3 unspecified atom stereocenters. The third-order valence-corrected chi connectivity index (χ3v) is 8.02. The van der Waals surface area contributed by atoms with E-state index < -0.39 is 0 Å². The number of rotatable bonds is 8. The molecule has 3 N–H and O–H groups in total. The van der Waals surface area contributed by atoms with Gasteiger partial charge in [-0.25, -0.2) is 9.78 Å². The summed E-state index contributed by atoms with van der Waals surface area (Å²) in [5, 5.41) is 9.74. The van der Waals surface area contributed by atoms with Crippen LogP contribution in [0.1, 0.15) is 31.7 Å². The molecule has 2 amide bonds. The Kier molecular flexibility index (Phi) is 6.67. The summed E-state index contributed by atoms with van der Waals surface area (Å²) in [6.45, 7) is 6.82. The van der Waals surface area contributed by atoms with Gasteiger partial charge in [0.25, 0.3) is 0 Å². The predicted molar refractivity (Wildman–Crippen MR) is 151 cm³/mol. The van der Waals surface area contributed by atoms with Gasteiger partial charge in [-0.3, -0.25) is 0 Å². The second kappa shape index (κ2) is 10.4. The Hall–Kier alpha value is -3.99. The van der Waals surface area contributed by atoms with Gasteiger partial charge in [-0.05, 0) is 43.0 Å². The zero-order valence-corrected chi connectivity index (χ0v) is 22.3. The van der Waals surface area contributed by atoms with Gasteiger partial charge in [0, 0.05) is 31.9 Å². The van der Waals surface area contributed by atoms with Gasteiger partial charge >= 0.3 is 6.03 Å². The van der Waals surface area contributed by atoms with Crippen molar-refractivity contribution in [1.29, 1.82) is 0 Å².